The Morgan fingerprint density at radius 3 is 2.33 bits per heavy atom. The van der Waals surface area contributed by atoms with Gasteiger partial charge in [-0.25, -0.2) is 0 Å². The van der Waals surface area contributed by atoms with E-state index in [1.54, 1.807) is 12.3 Å². The van der Waals surface area contributed by atoms with Crippen molar-refractivity contribution in [2.45, 2.75) is 43.9 Å². The number of para-hydroxylation sites is 1. The highest BCUT2D eigenvalue weighted by Crippen LogP contribution is 2.60. The smallest absolute Gasteiger partial charge is 0.124 e. The normalized spacial score (nSPS) is 31.3. The summed E-state index contributed by atoms with van der Waals surface area (Å²) in [6, 6.07) is 15.6. The Hall–Kier alpha value is -2.60. The Morgan fingerprint density at radius 2 is 1.67 bits per heavy atom. The summed E-state index contributed by atoms with van der Waals surface area (Å²) in [5, 5.41) is 19.6. The third kappa shape index (κ3) is 2.84. The number of phenolic OH excluding ortho intramolecular Hbond substituents is 1. The number of aromatic hydroxyl groups is 1. The SMILES string of the molecule is N#Cc1ccccc1N=Cc1cc(C23CC4CC(CC(C4)C2)C3)ccc1O. The highest BCUT2D eigenvalue weighted by atomic mass is 16.3. The molecule has 4 bridgehead atoms. The predicted octanol–water partition coefficient (Wildman–Crippen LogP) is 5.48. The third-order valence-corrected chi connectivity index (χ3v) is 7.05. The molecule has 0 spiro atoms. The molecular weight excluding hydrogens is 332 g/mol. The van der Waals surface area contributed by atoms with E-state index in [0.29, 0.717) is 16.7 Å². The second-order valence-corrected chi connectivity index (χ2v) is 8.86. The van der Waals surface area contributed by atoms with Crippen LogP contribution in [0.5, 0.6) is 5.75 Å². The molecule has 0 aliphatic heterocycles. The van der Waals surface area contributed by atoms with Gasteiger partial charge in [-0.1, -0.05) is 18.2 Å². The fourth-order valence-electron chi connectivity index (χ4n) is 6.27. The lowest BCUT2D eigenvalue weighted by atomic mass is 9.48. The summed E-state index contributed by atoms with van der Waals surface area (Å²) in [6.45, 7) is 0. The van der Waals surface area contributed by atoms with Gasteiger partial charge < -0.3 is 5.11 Å². The van der Waals surface area contributed by atoms with E-state index in [1.807, 2.05) is 24.3 Å². The molecule has 2 aromatic rings. The van der Waals surface area contributed by atoms with Crippen molar-refractivity contribution >= 4 is 11.9 Å². The van der Waals surface area contributed by atoms with E-state index in [-0.39, 0.29) is 5.75 Å². The summed E-state index contributed by atoms with van der Waals surface area (Å²) in [4.78, 5) is 4.49. The van der Waals surface area contributed by atoms with Gasteiger partial charge in [-0.2, -0.15) is 5.26 Å². The average molecular weight is 356 g/mol. The summed E-state index contributed by atoms with van der Waals surface area (Å²) in [5.74, 6) is 2.93. The van der Waals surface area contributed by atoms with Crippen molar-refractivity contribution in [3.63, 3.8) is 0 Å². The molecule has 3 nitrogen and oxygen atoms in total. The zero-order chi connectivity index (χ0) is 18.4. The number of hydrogen-bond acceptors (Lipinski definition) is 3. The van der Waals surface area contributed by atoms with Crippen molar-refractivity contribution in [3.8, 4) is 11.8 Å². The number of aliphatic imine (C=N–C) groups is 1. The van der Waals surface area contributed by atoms with Gasteiger partial charge in [-0.15, -0.1) is 0 Å². The van der Waals surface area contributed by atoms with Crippen molar-refractivity contribution in [1.82, 2.24) is 0 Å². The van der Waals surface area contributed by atoms with E-state index in [4.69, 9.17) is 0 Å². The van der Waals surface area contributed by atoms with E-state index in [0.717, 1.165) is 23.3 Å². The van der Waals surface area contributed by atoms with E-state index < -0.39 is 0 Å². The Bertz CT molecular complexity index is 918. The zero-order valence-corrected chi connectivity index (χ0v) is 15.4. The Labute approximate surface area is 160 Å². The number of nitriles is 1. The summed E-state index contributed by atoms with van der Waals surface area (Å²) >= 11 is 0. The van der Waals surface area contributed by atoms with Crippen LogP contribution in [-0.4, -0.2) is 11.3 Å². The second kappa shape index (κ2) is 6.23. The molecular formula is C24H24N2O. The van der Waals surface area contributed by atoms with Crippen LogP contribution in [0.2, 0.25) is 0 Å². The maximum Gasteiger partial charge on any atom is 0.124 e. The van der Waals surface area contributed by atoms with Crippen LogP contribution >= 0.6 is 0 Å². The summed E-state index contributed by atoms with van der Waals surface area (Å²) in [7, 11) is 0. The minimum Gasteiger partial charge on any atom is -0.507 e. The Morgan fingerprint density at radius 1 is 1.00 bits per heavy atom. The molecule has 3 heteroatoms. The number of rotatable bonds is 3. The van der Waals surface area contributed by atoms with Crippen LogP contribution in [0.15, 0.2) is 47.5 Å². The van der Waals surface area contributed by atoms with E-state index >= 15 is 0 Å². The first-order valence-electron chi connectivity index (χ1n) is 10.0. The maximum atomic E-state index is 10.4. The molecule has 4 saturated carbocycles. The van der Waals surface area contributed by atoms with Crippen LogP contribution < -0.4 is 0 Å². The first-order valence-corrected chi connectivity index (χ1v) is 10.0. The molecule has 0 saturated heterocycles. The minimum atomic E-state index is 0.252. The molecule has 27 heavy (non-hydrogen) atoms. The largest absolute Gasteiger partial charge is 0.507 e. The quantitative estimate of drug-likeness (QED) is 0.740. The molecule has 0 heterocycles. The third-order valence-electron chi connectivity index (χ3n) is 7.05. The van der Waals surface area contributed by atoms with Gasteiger partial charge in [0.05, 0.1) is 11.3 Å². The first kappa shape index (κ1) is 16.6. The van der Waals surface area contributed by atoms with Crippen LogP contribution in [0.1, 0.15) is 55.2 Å². The molecule has 4 aliphatic carbocycles. The summed E-state index contributed by atoms with van der Waals surface area (Å²) in [6.07, 6.45) is 9.90. The van der Waals surface area contributed by atoms with Gasteiger partial charge >= 0.3 is 0 Å². The van der Waals surface area contributed by atoms with Crippen molar-refractivity contribution < 1.29 is 5.11 Å². The Balaban J connectivity index is 1.49. The number of benzene rings is 2. The van der Waals surface area contributed by atoms with Crippen LogP contribution in [-0.2, 0) is 5.41 Å². The molecule has 4 fully saturated rings. The van der Waals surface area contributed by atoms with Crippen LogP contribution in [0, 0.1) is 29.1 Å². The van der Waals surface area contributed by atoms with Gasteiger partial charge in [0.2, 0.25) is 0 Å². The van der Waals surface area contributed by atoms with E-state index in [2.05, 4.69) is 23.2 Å². The second-order valence-electron chi connectivity index (χ2n) is 8.86. The van der Waals surface area contributed by atoms with Gasteiger partial charge in [0, 0.05) is 11.8 Å². The fourth-order valence-corrected chi connectivity index (χ4v) is 6.27. The van der Waals surface area contributed by atoms with Gasteiger partial charge in [-0.05, 0) is 91.5 Å². The van der Waals surface area contributed by atoms with Crippen molar-refractivity contribution in [3.05, 3.63) is 59.2 Å². The number of nitrogens with zero attached hydrogens (tertiary/aromatic N) is 2. The minimum absolute atomic E-state index is 0.252. The Kier molecular flexibility index (Phi) is 3.82. The average Bonchev–Trinajstić information content (AvgIpc) is 2.66. The lowest BCUT2D eigenvalue weighted by molar-refractivity contribution is -0.00520. The van der Waals surface area contributed by atoms with Gasteiger partial charge in [0.15, 0.2) is 0 Å². The van der Waals surface area contributed by atoms with Crippen LogP contribution in [0.4, 0.5) is 5.69 Å². The first-order chi connectivity index (χ1) is 13.1. The van der Waals surface area contributed by atoms with Crippen molar-refractivity contribution in [1.29, 1.82) is 5.26 Å². The molecule has 4 aliphatic rings. The topological polar surface area (TPSA) is 56.4 Å². The highest BCUT2D eigenvalue weighted by Gasteiger charge is 2.51. The van der Waals surface area contributed by atoms with Crippen LogP contribution in [0.25, 0.3) is 0 Å². The molecule has 2 aromatic carbocycles. The predicted molar refractivity (Wildman–Crippen MR) is 106 cm³/mol. The summed E-state index contributed by atoms with van der Waals surface area (Å²) < 4.78 is 0. The molecule has 0 unspecified atom stereocenters. The van der Waals surface area contributed by atoms with Gasteiger partial charge in [0.25, 0.3) is 0 Å². The lowest BCUT2D eigenvalue weighted by Crippen LogP contribution is -2.48. The molecule has 0 radical (unpaired) electrons. The summed E-state index contributed by atoms with van der Waals surface area (Å²) in [5.41, 5.74) is 3.60. The van der Waals surface area contributed by atoms with E-state index in [9.17, 15) is 10.4 Å². The van der Waals surface area contributed by atoms with Crippen molar-refractivity contribution in [2.24, 2.45) is 22.7 Å². The molecule has 136 valence electrons. The van der Waals surface area contributed by atoms with Gasteiger partial charge in [-0.3, -0.25) is 4.99 Å². The highest BCUT2D eigenvalue weighted by molar-refractivity contribution is 5.86. The van der Waals surface area contributed by atoms with Gasteiger partial charge in [0.1, 0.15) is 11.8 Å². The maximum absolute atomic E-state index is 10.4. The standard InChI is InChI=1S/C24H24N2O/c25-14-19-3-1-2-4-22(19)26-15-20-10-21(5-6-23(20)27)24-11-16-7-17(12-24)9-18(8-16)13-24/h1-6,10,15-18,27H,7-9,11-13H2. The molecule has 0 aromatic heterocycles. The molecule has 0 atom stereocenters. The monoisotopic (exact) mass is 356 g/mol. The molecule has 6 rings (SSSR count). The fraction of sp³-hybridized carbons (Fsp3) is 0.417. The molecule has 1 N–H and O–H groups in total. The number of phenols is 1. The number of hydrogen-bond donors (Lipinski definition) is 1. The van der Waals surface area contributed by atoms with Crippen molar-refractivity contribution in [2.75, 3.05) is 0 Å². The lowest BCUT2D eigenvalue weighted by Gasteiger charge is -2.57. The molecule has 0 amide bonds. The van der Waals surface area contributed by atoms with E-state index in [1.165, 1.54) is 44.1 Å². The van der Waals surface area contributed by atoms with Crippen LogP contribution in [0.3, 0.4) is 0 Å². The zero-order valence-electron chi connectivity index (χ0n) is 15.4.